The average molecular weight is 369 g/mol. The summed E-state index contributed by atoms with van der Waals surface area (Å²) >= 11 is 1.50. The molecule has 1 aromatic heterocycles. The van der Waals surface area contributed by atoms with Crippen molar-refractivity contribution < 1.29 is 9.59 Å². The number of likely N-dealkylation sites (tertiary alicyclic amines) is 1. The summed E-state index contributed by atoms with van der Waals surface area (Å²) in [4.78, 5) is 29.2. The maximum atomic E-state index is 13.0. The summed E-state index contributed by atoms with van der Waals surface area (Å²) in [6.07, 6.45) is 2.65. The molecule has 3 amide bonds. The second kappa shape index (κ2) is 7.50. The van der Waals surface area contributed by atoms with Gasteiger partial charge in [-0.1, -0.05) is 24.3 Å². The van der Waals surface area contributed by atoms with Crippen LogP contribution in [0.5, 0.6) is 0 Å². The van der Waals surface area contributed by atoms with Gasteiger partial charge in [0.25, 0.3) is 0 Å². The second-order valence-electron chi connectivity index (χ2n) is 6.97. The normalized spacial score (nSPS) is 19.8. The molecule has 4 rings (SSSR count). The minimum absolute atomic E-state index is 0.0944. The van der Waals surface area contributed by atoms with Gasteiger partial charge in [-0.2, -0.15) is 0 Å². The van der Waals surface area contributed by atoms with Gasteiger partial charge >= 0.3 is 6.03 Å². The van der Waals surface area contributed by atoms with E-state index in [9.17, 15) is 9.59 Å². The molecule has 1 unspecified atom stereocenters. The van der Waals surface area contributed by atoms with Crippen LogP contribution in [0.2, 0.25) is 0 Å². The highest BCUT2D eigenvalue weighted by Gasteiger charge is 2.32. The van der Waals surface area contributed by atoms with Gasteiger partial charge in [0.1, 0.15) is 0 Å². The first kappa shape index (κ1) is 17.1. The van der Waals surface area contributed by atoms with Crippen molar-refractivity contribution in [2.45, 2.75) is 25.8 Å². The Bertz CT molecular complexity index is 790. The lowest BCUT2D eigenvalue weighted by molar-refractivity contribution is -0.137. The molecule has 1 N–H and O–H groups in total. The molecular formula is C20H23N3O2S. The van der Waals surface area contributed by atoms with Gasteiger partial charge < -0.3 is 9.80 Å². The van der Waals surface area contributed by atoms with E-state index in [2.05, 4.69) is 23.5 Å². The number of hydrogen-bond acceptors (Lipinski definition) is 3. The molecular weight excluding hydrogens is 346 g/mol. The lowest BCUT2D eigenvalue weighted by Gasteiger charge is -2.36. The van der Waals surface area contributed by atoms with Gasteiger partial charge in [-0.3, -0.25) is 10.1 Å². The summed E-state index contributed by atoms with van der Waals surface area (Å²) in [7, 11) is 0. The van der Waals surface area contributed by atoms with Crippen molar-refractivity contribution in [3.63, 3.8) is 0 Å². The number of amides is 3. The molecule has 5 nitrogen and oxygen atoms in total. The van der Waals surface area contributed by atoms with E-state index in [1.54, 1.807) is 4.90 Å². The third-order valence-electron chi connectivity index (χ3n) is 5.25. The van der Waals surface area contributed by atoms with Crippen LogP contribution in [0, 0.1) is 5.92 Å². The molecule has 26 heavy (non-hydrogen) atoms. The van der Waals surface area contributed by atoms with E-state index in [1.165, 1.54) is 22.5 Å². The highest BCUT2D eigenvalue weighted by molar-refractivity contribution is 7.14. The predicted octanol–water partition coefficient (Wildman–Crippen LogP) is 3.58. The summed E-state index contributed by atoms with van der Waals surface area (Å²) in [6.45, 7) is 2.68. The molecule has 2 aromatic rings. The number of thiophene rings is 1. The molecule has 1 aromatic carbocycles. The zero-order valence-electron chi connectivity index (χ0n) is 14.7. The lowest BCUT2D eigenvalue weighted by atomic mass is 9.94. The molecule has 2 aliphatic heterocycles. The molecule has 1 atom stereocenters. The van der Waals surface area contributed by atoms with Crippen molar-refractivity contribution >= 4 is 28.3 Å². The number of piperidine rings is 1. The first-order chi connectivity index (χ1) is 12.7. The van der Waals surface area contributed by atoms with Crippen molar-refractivity contribution in [2.75, 3.05) is 25.0 Å². The first-order valence-electron chi connectivity index (χ1n) is 9.16. The van der Waals surface area contributed by atoms with E-state index in [4.69, 9.17) is 0 Å². The molecule has 1 saturated heterocycles. The molecule has 6 heteroatoms. The third-order valence-corrected chi connectivity index (χ3v) is 6.04. The fraction of sp³-hybridized carbons (Fsp3) is 0.400. The number of urea groups is 1. The Morgan fingerprint density at radius 1 is 1.04 bits per heavy atom. The Morgan fingerprint density at radius 2 is 1.88 bits per heavy atom. The van der Waals surface area contributed by atoms with Crippen LogP contribution >= 0.6 is 11.3 Å². The Balaban J connectivity index is 1.38. The van der Waals surface area contributed by atoms with Crippen molar-refractivity contribution in [3.8, 4) is 0 Å². The van der Waals surface area contributed by atoms with Gasteiger partial charge in [-0.25, -0.2) is 4.79 Å². The number of benzene rings is 1. The molecule has 0 saturated carbocycles. The van der Waals surface area contributed by atoms with Crippen LogP contribution in [-0.2, 0) is 17.8 Å². The molecule has 1 fully saturated rings. The highest BCUT2D eigenvalue weighted by Crippen LogP contribution is 2.25. The van der Waals surface area contributed by atoms with Crippen LogP contribution in [0.3, 0.4) is 0 Å². The van der Waals surface area contributed by atoms with E-state index in [0.29, 0.717) is 19.6 Å². The minimum atomic E-state index is -0.103. The van der Waals surface area contributed by atoms with Crippen molar-refractivity contribution in [3.05, 3.63) is 52.9 Å². The zero-order valence-corrected chi connectivity index (χ0v) is 15.5. The molecule has 0 radical (unpaired) electrons. The van der Waals surface area contributed by atoms with Gasteiger partial charge in [-0.05, 0) is 47.9 Å². The number of rotatable bonds is 2. The summed E-state index contributed by atoms with van der Waals surface area (Å²) in [6, 6.07) is 12.0. The second-order valence-corrected chi connectivity index (χ2v) is 7.92. The largest absolute Gasteiger partial charge is 0.338 e. The van der Waals surface area contributed by atoms with E-state index >= 15 is 0 Å². The Labute approximate surface area is 157 Å². The summed E-state index contributed by atoms with van der Waals surface area (Å²) < 4.78 is 0. The Hall–Kier alpha value is -2.34. The van der Waals surface area contributed by atoms with Crippen molar-refractivity contribution in [1.29, 1.82) is 0 Å². The Kier molecular flexibility index (Phi) is 4.93. The van der Waals surface area contributed by atoms with E-state index in [-0.39, 0.29) is 17.9 Å². The smallest absolute Gasteiger partial charge is 0.322 e. The van der Waals surface area contributed by atoms with Crippen LogP contribution < -0.4 is 5.32 Å². The molecule has 3 heterocycles. The van der Waals surface area contributed by atoms with Gasteiger partial charge in [0.2, 0.25) is 5.91 Å². The van der Waals surface area contributed by atoms with Gasteiger partial charge in [-0.15, -0.1) is 11.3 Å². The third kappa shape index (κ3) is 3.60. The molecule has 0 spiro atoms. The summed E-state index contributed by atoms with van der Waals surface area (Å²) in [5.41, 5.74) is 2.59. The fourth-order valence-electron chi connectivity index (χ4n) is 3.84. The zero-order chi connectivity index (χ0) is 17.9. The van der Waals surface area contributed by atoms with Crippen LogP contribution in [0.1, 0.15) is 24.0 Å². The summed E-state index contributed by atoms with van der Waals surface area (Å²) in [5, 5.41) is 5.70. The van der Waals surface area contributed by atoms with Gasteiger partial charge in [0.15, 0.2) is 0 Å². The van der Waals surface area contributed by atoms with Crippen LogP contribution in [0.4, 0.5) is 9.80 Å². The molecule has 0 aliphatic carbocycles. The maximum Gasteiger partial charge on any atom is 0.322 e. The summed E-state index contributed by atoms with van der Waals surface area (Å²) in [5.74, 6) is 0.0937. The molecule has 136 valence electrons. The van der Waals surface area contributed by atoms with Crippen LogP contribution in [0.15, 0.2) is 41.8 Å². The van der Waals surface area contributed by atoms with E-state index in [1.807, 2.05) is 28.5 Å². The topological polar surface area (TPSA) is 52.7 Å². The molecule has 2 aliphatic rings. The standard InChI is InChI=1S/C20H23N3O2S/c24-19(22-11-9-15-5-1-2-6-16(15)13-22)17-7-3-10-23(14-17)20(25)21-18-8-4-12-26-18/h1-2,4-6,8,12,17H,3,7,9-11,13-14H2,(H,21,25). The van der Waals surface area contributed by atoms with Crippen molar-refractivity contribution in [1.82, 2.24) is 9.80 Å². The number of nitrogens with zero attached hydrogens (tertiary/aromatic N) is 2. The van der Waals surface area contributed by atoms with Gasteiger partial charge in [0.05, 0.1) is 10.9 Å². The predicted molar refractivity (Wildman–Crippen MR) is 103 cm³/mol. The maximum absolute atomic E-state index is 13.0. The Morgan fingerprint density at radius 3 is 2.69 bits per heavy atom. The number of fused-ring (bicyclic) bond motifs is 1. The monoisotopic (exact) mass is 369 g/mol. The van der Waals surface area contributed by atoms with E-state index < -0.39 is 0 Å². The minimum Gasteiger partial charge on any atom is -0.338 e. The number of anilines is 1. The average Bonchev–Trinajstić information content (AvgIpc) is 3.20. The lowest BCUT2D eigenvalue weighted by Crippen LogP contribution is -2.48. The first-order valence-corrected chi connectivity index (χ1v) is 10.0. The molecule has 0 bridgehead atoms. The highest BCUT2D eigenvalue weighted by atomic mass is 32.1. The fourth-order valence-corrected chi connectivity index (χ4v) is 4.45. The van der Waals surface area contributed by atoms with Crippen LogP contribution in [0.25, 0.3) is 0 Å². The number of carbonyl (C=O) groups excluding carboxylic acids is 2. The SMILES string of the molecule is O=C(Nc1cccs1)N1CCCC(C(=O)N2CCc3ccccc3C2)C1. The van der Waals surface area contributed by atoms with Gasteiger partial charge in [0, 0.05) is 26.2 Å². The number of nitrogens with one attached hydrogen (secondary N) is 1. The van der Waals surface area contributed by atoms with E-state index in [0.717, 1.165) is 30.8 Å². The quantitative estimate of drug-likeness (QED) is 0.880. The van der Waals surface area contributed by atoms with Crippen LogP contribution in [-0.4, -0.2) is 41.4 Å². The number of hydrogen-bond donors (Lipinski definition) is 1. The number of carbonyl (C=O) groups is 2. The van der Waals surface area contributed by atoms with Crippen molar-refractivity contribution in [2.24, 2.45) is 5.92 Å².